The van der Waals surface area contributed by atoms with E-state index >= 15 is 0 Å². The predicted molar refractivity (Wildman–Crippen MR) is 171 cm³/mol. The largest absolute Gasteiger partial charge is 0.497 e. The van der Waals surface area contributed by atoms with Crippen molar-refractivity contribution in [2.24, 2.45) is 0 Å². The molecule has 2 aromatic heterocycles. The summed E-state index contributed by atoms with van der Waals surface area (Å²) in [6.07, 6.45) is 8.84. The van der Waals surface area contributed by atoms with Crippen LogP contribution in [0.15, 0.2) is 65.6 Å². The van der Waals surface area contributed by atoms with Gasteiger partial charge in [-0.25, -0.2) is 4.98 Å². The van der Waals surface area contributed by atoms with Gasteiger partial charge in [-0.2, -0.15) is 0 Å². The number of methoxy groups -OCH3 is 1. The van der Waals surface area contributed by atoms with E-state index in [-0.39, 0.29) is 12.5 Å². The quantitative estimate of drug-likeness (QED) is 0.160. The first-order valence-corrected chi connectivity index (χ1v) is 15.9. The Morgan fingerprint density at radius 3 is 2.55 bits per heavy atom. The number of ether oxygens (including phenoxy) is 2. The second-order valence-electron chi connectivity index (χ2n) is 10.4. The van der Waals surface area contributed by atoms with Crippen LogP contribution in [0.2, 0.25) is 10.0 Å². The summed E-state index contributed by atoms with van der Waals surface area (Å²) < 4.78 is 13.4. The molecule has 1 aliphatic carbocycles. The SMILES string of the molecule is COc1ccc(CCn2c(-c3csc(COc4cc(Cl)cc(Cl)c4)n3)cc(C(=O)NCCC3=CCCCC3)c2C)cc1. The lowest BCUT2D eigenvalue weighted by Crippen LogP contribution is -2.25. The third-order valence-electron chi connectivity index (χ3n) is 7.52. The predicted octanol–water partition coefficient (Wildman–Crippen LogP) is 8.68. The smallest absolute Gasteiger partial charge is 0.253 e. The molecule has 0 radical (unpaired) electrons. The van der Waals surface area contributed by atoms with E-state index in [0.29, 0.717) is 34.4 Å². The number of hydrogen-bond acceptors (Lipinski definition) is 5. The van der Waals surface area contributed by atoms with Crippen molar-refractivity contribution in [2.75, 3.05) is 13.7 Å². The van der Waals surface area contributed by atoms with Crippen molar-refractivity contribution in [1.82, 2.24) is 14.9 Å². The molecule has 0 atom stereocenters. The number of carbonyl (C=O) groups excluding carboxylic acids is 1. The summed E-state index contributed by atoms with van der Waals surface area (Å²) in [6.45, 7) is 3.64. The number of nitrogens with one attached hydrogen (secondary N) is 1. The third-order valence-corrected chi connectivity index (χ3v) is 8.78. The summed E-state index contributed by atoms with van der Waals surface area (Å²) >= 11 is 13.7. The summed E-state index contributed by atoms with van der Waals surface area (Å²) in [7, 11) is 1.67. The van der Waals surface area contributed by atoms with Gasteiger partial charge < -0.3 is 19.4 Å². The third kappa shape index (κ3) is 7.77. The zero-order valence-electron chi connectivity index (χ0n) is 23.9. The minimum absolute atomic E-state index is 0.0509. The number of amides is 1. The maximum absolute atomic E-state index is 13.4. The molecule has 6 nitrogen and oxygen atoms in total. The maximum Gasteiger partial charge on any atom is 0.253 e. The molecule has 9 heteroatoms. The van der Waals surface area contributed by atoms with E-state index in [1.807, 2.05) is 30.5 Å². The van der Waals surface area contributed by atoms with Gasteiger partial charge in [-0.3, -0.25) is 4.79 Å². The summed E-state index contributed by atoms with van der Waals surface area (Å²) in [6, 6.07) is 15.2. The van der Waals surface area contributed by atoms with E-state index in [2.05, 4.69) is 28.1 Å². The molecule has 0 saturated carbocycles. The van der Waals surface area contributed by atoms with Crippen molar-refractivity contribution in [3.05, 3.63) is 97.4 Å². The van der Waals surface area contributed by atoms with Gasteiger partial charge in [0.25, 0.3) is 5.91 Å². The summed E-state index contributed by atoms with van der Waals surface area (Å²) in [4.78, 5) is 18.2. The molecule has 2 heterocycles. The van der Waals surface area contributed by atoms with Gasteiger partial charge in [0.15, 0.2) is 0 Å². The van der Waals surface area contributed by atoms with Crippen LogP contribution in [0.3, 0.4) is 0 Å². The molecular formula is C33H35Cl2N3O3S. The molecule has 0 fully saturated rings. The van der Waals surface area contributed by atoms with Crippen LogP contribution in [-0.4, -0.2) is 29.1 Å². The molecule has 1 N–H and O–H groups in total. The van der Waals surface area contributed by atoms with Crippen LogP contribution in [0.1, 0.15) is 58.7 Å². The van der Waals surface area contributed by atoms with Crippen LogP contribution in [0.25, 0.3) is 11.4 Å². The zero-order chi connectivity index (χ0) is 29.5. The molecule has 5 rings (SSSR count). The molecule has 0 bridgehead atoms. The molecule has 0 aliphatic heterocycles. The first-order valence-electron chi connectivity index (χ1n) is 14.2. The van der Waals surface area contributed by atoms with Gasteiger partial charge in [0.05, 0.1) is 24.1 Å². The van der Waals surface area contributed by atoms with Crippen molar-refractivity contribution in [1.29, 1.82) is 0 Å². The van der Waals surface area contributed by atoms with E-state index in [1.54, 1.807) is 25.3 Å². The van der Waals surface area contributed by atoms with E-state index < -0.39 is 0 Å². The monoisotopic (exact) mass is 623 g/mol. The minimum atomic E-state index is -0.0509. The highest BCUT2D eigenvalue weighted by molar-refractivity contribution is 7.09. The second kappa shape index (κ2) is 14.3. The van der Waals surface area contributed by atoms with Gasteiger partial charge in [-0.1, -0.05) is 47.0 Å². The van der Waals surface area contributed by atoms with Gasteiger partial charge in [-0.15, -0.1) is 11.3 Å². The summed E-state index contributed by atoms with van der Waals surface area (Å²) in [5.41, 5.74) is 5.97. The molecular weight excluding hydrogens is 589 g/mol. The normalized spacial score (nSPS) is 13.1. The topological polar surface area (TPSA) is 65.4 Å². The minimum Gasteiger partial charge on any atom is -0.497 e. The maximum atomic E-state index is 13.4. The fourth-order valence-electron chi connectivity index (χ4n) is 5.22. The lowest BCUT2D eigenvalue weighted by Gasteiger charge is -2.13. The molecule has 4 aromatic rings. The lowest BCUT2D eigenvalue weighted by molar-refractivity contribution is 0.0953. The molecule has 2 aromatic carbocycles. The molecule has 0 unspecified atom stereocenters. The molecule has 1 amide bonds. The van der Waals surface area contributed by atoms with Crippen LogP contribution in [0.4, 0.5) is 0 Å². The number of thiazole rings is 1. The van der Waals surface area contributed by atoms with Crippen molar-refractivity contribution >= 4 is 40.4 Å². The Balaban J connectivity index is 1.34. The van der Waals surface area contributed by atoms with E-state index in [4.69, 9.17) is 37.7 Å². The van der Waals surface area contributed by atoms with Crippen LogP contribution in [0, 0.1) is 6.92 Å². The Kier molecular flexibility index (Phi) is 10.3. The molecule has 42 heavy (non-hydrogen) atoms. The number of rotatable bonds is 12. The van der Waals surface area contributed by atoms with Gasteiger partial charge in [0, 0.05) is 34.2 Å². The van der Waals surface area contributed by atoms with Gasteiger partial charge >= 0.3 is 0 Å². The van der Waals surface area contributed by atoms with E-state index in [9.17, 15) is 4.79 Å². The lowest BCUT2D eigenvalue weighted by atomic mass is 9.97. The fraction of sp³-hybridized carbons (Fsp3) is 0.333. The zero-order valence-corrected chi connectivity index (χ0v) is 26.2. The molecule has 220 valence electrons. The standard InChI is InChI=1S/C33H35Cl2N3O3S/c1-22-29(33(39)36-14-12-23-6-4-3-5-7-23)19-31(38(22)15-13-24-8-10-27(40-2)11-9-24)30-21-42-32(37-30)20-41-28-17-25(34)16-26(35)18-28/h6,8-11,16-19,21H,3-5,7,12-15,20H2,1-2H3,(H,36,39). The molecule has 1 aliphatic rings. The van der Waals surface area contributed by atoms with E-state index in [1.165, 1.54) is 35.3 Å². The Morgan fingerprint density at radius 1 is 1.05 bits per heavy atom. The van der Waals surface area contributed by atoms with Crippen LogP contribution < -0.4 is 14.8 Å². The van der Waals surface area contributed by atoms with Crippen LogP contribution >= 0.6 is 34.5 Å². The highest BCUT2D eigenvalue weighted by Gasteiger charge is 2.20. The molecule has 0 saturated heterocycles. The van der Waals surface area contributed by atoms with Gasteiger partial charge in [0.1, 0.15) is 23.1 Å². The highest BCUT2D eigenvalue weighted by atomic mass is 35.5. The number of aryl methyl sites for hydroxylation is 1. The van der Waals surface area contributed by atoms with Crippen LogP contribution in [0.5, 0.6) is 11.5 Å². The number of allylic oxidation sites excluding steroid dienone is 1. The van der Waals surface area contributed by atoms with Crippen molar-refractivity contribution < 1.29 is 14.3 Å². The Bertz CT molecular complexity index is 1540. The number of carbonyl (C=O) groups is 1. The highest BCUT2D eigenvalue weighted by Crippen LogP contribution is 2.30. The molecule has 0 spiro atoms. The summed E-state index contributed by atoms with van der Waals surface area (Å²) in [5.74, 6) is 1.37. The van der Waals surface area contributed by atoms with Crippen molar-refractivity contribution in [2.45, 2.75) is 58.6 Å². The first-order chi connectivity index (χ1) is 20.4. The summed E-state index contributed by atoms with van der Waals surface area (Å²) in [5, 5.41) is 7.01. The van der Waals surface area contributed by atoms with Crippen LogP contribution in [-0.2, 0) is 19.6 Å². The average Bonchev–Trinajstić information content (AvgIpc) is 3.59. The second-order valence-corrected chi connectivity index (χ2v) is 12.2. The number of nitrogens with zero attached hydrogens (tertiary/aromatic N) is 2. The number of aromatic nitrogens is 2. The number of benzene rings is 2. The fourth-order valence-corrected chi connectivity index (χ4v) is 6.43. The Morgan fingerprint density at radius 2 is 1.83 bits per heavy atom. The van der Waals surface area contributed by atoms with Gasteiger partial charge in [-0.05, 0) is 87.4 Å². The Labute approximate surface area is 261 Å². The van der Waals surface area contributed by atoms with E-state index in [0.717, 1.165) is 53.5 Å². The van der Waals surface area contributed by atoms with Crippen molar-refractivity contribution in [3.63, 3.8) is 0 Å². The Hall–Kier alpha value is -3.26. The van der Waals surface area contributed by atoms with Gasteiger partial charge in [0.2, 0.25) is 0 Å². The number of hydrogen-bond donors (Lipinski definition) is 1. The first kappa shape index (κ1) is 30.2. The van der Waals surface area contributed by atoms with Crippen molar-refractivity contribution in [3.8, 4) is 22.9 Å². The average molecular weight is 625 g/mol. The number of halogens is 2.